The molecule has 3 aromatic carbocycles. The van der Waals surface area contributed by atoms with Gasteiger partial charge in [-0.3, -0.25) is 14.5 Å². The van der Waals surface area contributed by atoms with Crippen LogP contribution in [0.4, 0.5) is 5.69 Å². The van der Waals surface area contributed by atoms with E-state index < -0.39 is 5.41 Å². The number of para-hydroxylation sites is 1. The summed E-state index contributed by atoms with van der Waals surface area (Å²) in [5, 5.41) is 0.703. The topological polar surface area (TPSA) is 49.9 Å². The first-order valence-electron chi connectivity index (χ1n) is 13.7. The van der Waals surface area contributed by atoms with Crippen molar-refractivity contribution >= 4 is 29.0 Å². The van der Waals surface area contributed by atoms with Crippen LogP contribution < -0.4 is 4.90 Å². The summed E-state index contributed by atoms with van der Waals surface area (Å²) < 4.78 is 5.41. The maximum atomic E-state index is 13.9. The molecule has 1 saturated carbocycles. The number of nitrogens with zero attached hydrogens (tertiary/aromatic N) is 2. The van der Waals surface area contributed by atoms with E-state index in [4.69, 9.17) is 16.3 Å². The second-order valence-electron chi connectivity index (χ2n) is 10.7. The second kappa shape index (κ2) is 10.6. The number of hydrogen-bond donors (Lipinski definition) is 0. The number of halogens is 1. The lowest BCUT2D eigenvalue weighted by atomic mass is 9.92. The Kier molecular flexibility index (Phi) is 7.08. The minimum absolute atomic E-state index is 0.151. The summed E-state index contributed by atoms with van der Waals surface area (Å²) >= 11 is 6.11. The zero-order chi connectivity index (χ0) is 26.1. The average Bonchev–Trinajstić information content (AvgIpc) is 3.67. The quantitative estimate of drug-likeness (QED) is 0.252. The third kappa shape index (κ3) is 4.79. The van der Waals surface area contributed by atoms with Crippen LogP contribution in [-0.4, -0.2) is 49.4 Å². The zero-order valence-corrected chi connectivity index (χ0v) is 22.3. The fourth-order valence-corrected chi connectivity index (χ4v) is 6.34. The van der Waals surface area contributed by atoms with Crippen molar-refractivity contribution in [1.29, 1.82) is 0 Å². The summed E-state index contributed by atoms with van der Waals surface area (Å²) in [6.45, 7) is 5.05. The molecule has 6 rings (SSSR count). The molecular formula is C32H33ClN2O3. The number of Topliss-reactive ketones (excluding diaryl/α,β-unsaturated/α-hetero) is 1. The van der Waals surface area contributed by atoms with Crippen LogP contribution in [0.3, 0.4) is 0 Å². The minimum Gasteiger partial charge on any atom is -0.379 e. The van der Waals surface area contributed by atoms with Gasteiger partial charge < -0.3 is 9.64 Å². The van der Waals surface area contributed by atoms with Gasteiger partial charge in [-0.15, -0.1) is 0 Å². The highest BCUT2D eigenvalue weighted by molar-refractivity contribution is 6.30. The van der Waals surface area contributed by atoms with Crippen molar-refractivity contribution in [2.45, 2.75) is 43.6 Å². The Morgan fingerprint density at radius 3 is 2.58 bits per heavy atom. The third-order valence-corrected chi connectivity index (χ3v) is 8.61. The first-order chi connectivity index (χ1) is 18.6. The van der Waals surface area contributed by atoms with Gasteiger partial charge in [0.25, 0.3) is 0 Å². The Morgan fingerprint density at radius 1 is 0.974 bits per heavy atom. The van der Waals surface area contributed by atoms with Gasteiger partial charge in [0.05, 0.1) is 25.2 Å². The van der Waals surface area contributed by atoms with Crippen LogP contribution in [0.5, 0.6) is 0 Å². The zero-order valence-electron chi connectivity index (χ0n) is 21.6. The Hall–Kier alpha value is -2.99. The van der Waals surface area contributed by atoms with Crippen molar-refractivity contribution in [1.82, 2.24) is 4.90 Å². The number of ether oxygens (including phenoxy) is 1. The van der Waals surface area contributed by atoms with Gasteiger partial charge in [0.2, 0.25) is 5.91 Å². The van der Waals surface area contributed by atoms with E-state index >= 15 is 0 Å². The van der Waals surface area contributed by atoms with Crippen LogP contribution in [0.1, 0.15) is 58.6 Å². The first-order valence-corrected chi connectivity index (χ1v) is 14.0. The number of rotatable bonds is 9. The van der Waals surface area contributed by atoms with E-state index in [2.05, 4.69) is 11.0 Å². The molecule has 2 fully saturated rings. The number of ketones is 1. The van der Waals surface area contributed by atoms with Crippen molar-refractivity contribution in [3.05, 3.63) is 100 Å². The molecular weight excluding hydrogens is 496 g/mol. The number of unbranched alkanes of at least 4 members (excludes halogenated alkanes) is 1. The number of carbonyl (C=O) groups excluding carboxylic acids is 2. The predicted molar refractivity (Wildman–Crippen MR) is 150 cm³/mol. The molecule has 6 heteroatoms. The standard InChI is InChI=1S/C32H33ClN2O3/c33-26-13-11-24(12-14-26)28-21-32(28)27-8-1-2-9-29(27)35(31(32)37)22-23-6-5-7-25(20-23)30(36)10-3-4-15-34-16-18-38-19-17-34/h1-2,5-9,11-14,20,28H,3-4,10,15-19,21-22H2/t28-,32-/m1/s1. The highest BCUT2D eigenvalue weighted by atomic mass is 35.5. The molecule has 0 N–H and O–H groups in total. The molecule has 196 valence electrons. The van der Waals surface area contributed by atoms with Gasteiger partial charge in [-0.25, -0.2) is 0 Å². The first kappa shape index (κ1) is 25.3. The maximum absolute atomic E-state index is 13.9. The number of fused-ring (bicyclic) bond motifs is 2. The van der Waals surface area contributed by atoms with Crippen LogP contribution >= 0.6 is 11.6 Å². The fourth-order valence-electron chi connectivity index (χ4n) is 6.22. The molecule has 5 nitrogen and oxygen atoms in total. The smallest absolute Gasteiger partial charge is 0.238 e. The van der Waals surface area contributed by atoms with Crippen molar-refractivity contribution < 1.29 is 14.3 Å². The van der Waals surface area contributed by atoms with Crippen LogP contribution in [-0.2, 0) is 21.5 Å². The van der Waals surface area contributed by atoms with E-state index in [1.54, 1.807) is 0 Å². The molecule has 0 bridgehead atoms. The van der Waals surface area contributed by atoms with Gasteiger partial charge in [0.1, 0.15) is 0 Å². The number of benzene rings is 3. The number of amides is 1. The SMILES string of the molecule is O=C(CCCCN1CCOCC1)c1cccc(CN2C(=O)[C@]3(C[C@@H]3c3ccc(Cl)cc3)c3ccccc32)c1. The van der Waals surface area contributed by atoms with Gasteiger partial charge in [0, 0.05) is 41.7 Å². The normalized spacial score (nSPS) is 22.6. The van der Waals surface area contributed by atoms with Crippen molar-refractivity contribution in [3.63, 3.8) is 0 Å². The Balaban J connectivity index is 1.13. The molecule has 3 aromatic rings. The summed E-state index contributed by atoms with van der Waals surface area (Å²) in [7, 11) is 0. The largest absolute Gasteiger partial charge is 0.379 e. The average molecular weight is 529 g/mol. The molecule has 38 heavy (non-hydrogen) atoms. The molecule has 1 aliphatic carbocycles. The van der Waals surface area contributed by atoms with Crippen molar-refractivity contribution in [2.75, 3.05) is 37.7 Å². The molecule has 2 atom stereocenters. The Morgan fingerprint density at radius 2 is 1.76 bits per heavy atom. The number of anilines is 1. The molecule has 3 aliphatic rings. The van der Waals surface area contributed by atoms with E-state index in [-0.39, 0.29) is 17.6 Å². The van der Waals surface area contributed by atoms with Gasteiger partial charge in [-0.2, -0.15) is 0 Å². The monoisotopic (exact) mass is 528 g/mol. The lowest BCUT2D eigenvalue weighted by molar-refractivity contribution is -0.120. The predicted octanol–water partition coefficient (Wildman–Crippen LogP) is 6.00. The minimum atomic E-state index is -0.502. The van der Waals surface area contributed by atoms with Crippen LogP contribution in [0.2, 0.25) is 5.02 Å². The number of carbonyl (C=O) groups is 2. The van der Waals surface area contributed by atoms with E-state index in [0.717, 1.165) is 80.1 Å². The highest BCUT2D eigenvalue weighted by Crippen LogP contribution is 2.66. The summed E-state index contributed by atoms with van der Waals surface area (Å²) in [6, 6.07) is 23.8. The Bertz CT molecular complexity index is 1330. The Labute approximate surface area is 229 Å². The summed E-state index contributed by atoms with van der Waals surface area (Å²) in [5.41, 5.74) is 4.45. The van der Waals surface area contributed by atoms with Gasteiger partial charge in [0.15, 0.2) is 5.78 Å². The van der Waals surface area contributed by atoms with E-state index in [0.29, 0.717) is 18.0 Å². The van der Waals surface area contributed by atoms with Gasteiger partial charge in [-0.1, -0.05) is 60.1 Å². The van der Waals surface area contributed by atoms with E-state index in [1.165, 1.54) is 0 Å². The number of hydrogen-bond acceptors (Lipinski definition) is 4. The maximum Gasteiger partial charge on any atom is 0.238 e. The lowest BCUT2D eigenvalue weighted by Gasteiger charge is -2.26. The van der Waals surface area contributed by atoms with Gasteiger partial charge in [-0.05, 0) is 66.8 Å². The molecule has 0 unspecified atom stereocenters. The lowest BCUT2D eigenvalue weighted by Crippen LogP contribution is -2.36. The summed E-state index contributed by atoms with van der Waals surface area (Å²) in [4.78, 5) is 31.2. The van der Waals surface area contributed by atoms with Crippen molar-refractivity contribution in [3.8, 4) is 0 Å². The molecule has 0 radical (unpaired) electrons. The summed E-state index contributed by atoms with van der Waals surface area (Å²) in [6.07, 6.45) is 3.25. The van der Waals surface area contributed by atoms with Crippen LogP contribution in [0, 0.1) is 0 Å². The second-order valence-corrected chi connectivity index (χ2v) is 11.2. The summed E-state index contributed by atoms with van der Waals surface area (Å²) in [5.74, 6) is 0.478. The molecule has 2 aliphatic heterocycles. The highest BCUT2D eigenvalue weighted by Gasteiger charge is 2.67. The van der Waals surface area contributed by atoms with Crippen LogP contribution in [0.25, 0.3) is 0 Å². The van der Waals surface area contributed by atoms with E-state index in [9.17, 15) is 9.59 Å². The molecule has 1 amide bonds. The molecule has 1 saturated heterocycles. The fraction of sp³-hybridized carbons (Fsp3) is 0.375. The van der Waals surface area contributed by atoms with E-state index in [1.807, 2.05) is 71.6 Å². The number of morpholine rings is 1. The molecule has 0 aromatic heterocycles. The van der Waals surface area contributed by atoms with Gasteiger partial charge >= 0.3 is 0 Å². The molecule has 2 heterocycles. The third-order valence-electron chi connectivity index (χ3n) is 8.36. The molecule has 1 spiro atoms. The van der Waals surface area contributed by atoms with Crippen LogP contribution in [0.15, 0.2) is 72.8 Å². The van der Waals surface area contributed by atoms with Crippen molar-refractivity contribution in [2.24, 2.45) is 0 Å².